The molecule has 0 aromatic carbocycles. The van der Waals surface area contributed by atoms with Crippen LogP contribution in [0, 0.1) is 24.2 Å². The SMILES string of the molecule is C#CC#CC(C)(Cl)Cl. The lowest BCUT2D eigenvalue weighted by atomic mass is 10.4. The number of terminal acetylenes is 1. The fourth-order valence-electron chi connectivity index (χ4n) is 0.146. The molecular weight excluding hydrogens is 143 g/mol. The van der Waals surface area contributed by atoms with Crippen LogP contribution < -0.4 is 0 Å². The minimum Gasteiger partial charge on any atom is -0.106 e. The Bertz CT molecular complexity index is 158. The summed E-state index contributed by atoms with van der Waals surface area (Å²) in [4.78, 5) is 0. The smallest absolute Gasteiger partial charge is 0.106 e. The van der Waals surface area contributed by atoms with Crippen LogP contribution in [0.4, 0.5) is 0 Å². The lowest BCUT2D eigenvalue weighted by Crippen LogP contribution is -1.99. The molecule has 0 radical (unpaired) electrons. The second-order valence-electron chi connectivity index (χ2n) is 1.28. The van der Waals surface area contributed by atoms with Gasteiger partial charge in [0.1, 0.15) is 0 Å². The van der Waals surface area contributed by atoms with E-state index in [1.54, 1.807) is 6.92 Å². The first-order chi connectivity index (χ1) is 3.56. The van der Waals surface area contributed by atoms with Crippen LogP contribution in [0.1, 0.15) is 6.92 Å². The van der Waals surface area contributed by atoms with Crippen LogP contribution >= 0.6 is 23.2 Å². The fourth-order valence-corrected chi connectivity index (χ4v) is 0.240. The van der Waals surface area contributed by atoms with Gasteiger partial charge in [0.05, 0.1) is 0 Å². The topological polar surface area (TPSA) is 0 Å². The summed E-state index contributed by atoms with van der Waals surface area (Å²) in [5.41, 5.74) is 0. The molecule has 0 spiro atoms. The van der Waals surface area contributed by atoms with Crippen molar-refractivity contribution < 1.29 is 0 Å². The van der Waals surface area contributed by atoms with Crippen molar-refractivity contribution in [1.29, 1.82) is 0 Å². The van der Waals surface area contributed by atoms with Gasteiger partial charge in [0.25, 0.3) is 0 Å². The molecule has 0 fully saturated rings. The third-order valence-electron chi connectivity index (χ3n) is 0.354. The molecule has 0 aliphatic rings. The van der Waals surface area contributed by atoms with Crippen molar-refractivity contribution in [1.82, 2.24) is 0 Å². The van der Waals surface area contributed by atoms with Crippen LogP contribution in [0.2, 0.25) is 0 Å². The van der Waals surface area contributed by atoms with E-state index in [2.05, 4.69) is 17.8 Å². The molecule has 0 rings (SSSR count). The van der Waals surface area contributed by atoms with Crippen molar-refractivity contribution in [2.24, 2.45) is 0 Å². The Morgan fingerprint density at radius 1 is 1.50 bits per heavy atom. The molecule has 0 aromatic rings. The van der Waals surface area contributed by atoms with Crippen LogP contribution in [-0.4, -0.2) is 4.33 Å². The van der Waals surface area contributed by atoms with E-state index in [9.17, 15) is 0 Å². The number of rotatable bonds is 0. The summed E-state index contributed by atoms with van der Waals surface area (Å²) in [6.45, 7) is 1.56. The zero-order valence-electron chi connectivity index (χ0n) is 4.33. The summed E-state index contributed by atoms with van der Waals surface area (Å²) in [6.07, 6.45) is 4.79. The summed E-state index contributed by atoms with van der Waals surface area (Å²) in [6, 6.07) is 0. The monoisotopic (exact) mass is 146 g/mol. The van der Waals surface area contributed by atoms with Gasteiger partial charge < -0.3 is 0 Å². The van der Waals surface area contributed by atoms with E-state index in [1.165, 1.54) is 0 Å². The zero-order chi connectivity index (χ0) is 6.62. The van der Waals surface area contributed by atoms with Gasteiger partial charge >= 0.3 is 0 Å². The molecule has 0 N–H and O–H groups in total. The van der Waals surface area contributed by atoms with Crippen LogP contribution in [-0.2, 0) is 0 Å². The minimum atomic E-state index is -1.01. The summed E-state index contributed by atoms with van der Waals surface area (Å²) >= 11 is 10.8. The van der Waals surface area contributed by atoms with Gasteiger partial charge in [-0.3, -0.25) is 0 Å². The average molecular weight is 147 g/mol. The molecule has 0 aliphatic heterocycles. The van der Waals surface area contributed by atoms with Gasteiger partial charge in [-0.1, -0.05) is 23.2 Å². The van der Waals surface area contributed by atoms with Crippen LogP contribution in [0.25, 0.3) is 0 Å². The third kappa shape index (κ3) is 5.70. The van der Waals surface area contributed by atoms with E-state index in [4.69, 9.17) is 29.6 Å². The predicted octanol–water partition coefficient (Wildman–Crippen LogP) is 1.82. The van der Waals surface area contributed by atoms with E-state index in [1.807, 2.05) is 0 Å². The van der Waals surface area contributed by atoms with Crippen molar-refractivity contribution in [3.63, 3.8) is 0 Å². The molecular formula is C6H4Cl2. The average Bonchev–Trinajstić information content (AvgIpc) is 1.59. The van der Waals surface area contributed by atoms with E-state index >= 15 is 0 Å². The Balaban J connectivity index is 3.93. The van der Waals surface area contributed by atoms with Crippen molar-refractivity contribution in [2.45, 2.75) is 11.3 Å². The molecule has 8 heavy (non-hydrogen) atoms. The third-order valence-corrected chi connectivity index (χ3v) is 0.543. The Morgan fingerprint density at radius 2 is 2.00 bits per heavy atom. The number of alkyl halides is 2. The highest BCUT2D eigenvalue weighted by Crippen LogP contribution is 2.16. The molecule has 0 saturated carbocycles. The largest absolute Gasteiger partial charge is 0.176 e. The van der Waals surface area contributed by atoms with Crippen LogP contribution in [0.3, 0.4) is 0 Å². The Hall–Kier alpha value is -0.300. The van der Waals surface area contributed by atoms with E-state index in [-0.39, 0.29) is 0 Å². The van der Waals surface area contributed by atoms with Gasteiger partial charge in [-0.2, -0.15) is 0 Å². The van der Waals surface area contributed by atoms with Crippen molar-refractivity contribution in [3.05, 3.63) is 0 Å². The summed E-state index contributed by atoms with van der Waals surface area (Å²) < 4.78 is -1.01. The highest BCUT2D eigenvalue weighted by atomic mass is 35.5. The maximum atomic E-state index is 5.41. The molecule has 0 amide bonds. The fraction of sp³-hybridized carbons (Fsp3) is 0.333. The quantitative estimate of drug-likeness (QED) is 0.362. The van der Waals surface area contributed by atoms with Gasteiger partial charge in [0.2, 0.25) is 0 Å². The van der Waals surface area contributed by atoms with Gasteiger partial charge in [0.15, 0.2) is 4.33 Å². The molecule has 0 heterocycles. The van der Waals surface area contributed by atoms with E-state index in [0.29, 0.717) is 0 Å². The first kappa shape index (κ1) is 7.70. The van der Waals surface area contributed by atoms with Gasteiger partial charge in [0, 0.05) is 0 Å². The first-order valence-electron chi connectivity index (χ1n) is 1.92. The molecule has 0 aliphatic carbocycles. The standard InChI is InChI=1S/C6H4Cl2/c1-3-4-5-6(2,7)8/h1H,2H3. The van der Waals surface area contributed by atoms with Crippen molar-refractivity contribution in [3.8, 4) is 24.2 Å². The Morgan fingerprint density at radius 3 is 2.12 bits per heavy atom. The highest BCUT2D eigenvalue weighted by molar-refractivity contribution is 6.50. The zero-order valence-corrected chi connectivity index (χ0v) is 5.85. The molecule has 0 aromatic heterocycles. The summed E-state index contributed by atoms with van der Waals surface area (Å²) in [5.74, 6) is 6.81. The van der Waals surface area contributed by atoms with Gasteiger partial charge in [-0.25, -0.2) is 0 Å². The molecule has 0 unspecified atom stereocenters. The van der Waals surface area contributed by atoms with E-state index < -0.39 is 4.33 Å². The van der Waals surface area contributed by atoms with Crippen molar-refractivity contribution in [2.75, 3.05) is 0 Å². The van der Waals surface area contributed by atoms with Crippen LogP contribution in [0.15, 0.2) is 0 Å². The van der Waals surface area contributed by atoms with Gasteiger partial charge in [-0.15, -0.1) is 6.42 Å². The number of halogens is 2. The number of hydrogen-bond donors (Lipinski definition) is 0. The maximum absolute atomic E-state index is 5.41. The maximum Gasteiger partial charge on any atom is 0.176 e. The predicted molar refractivity (Wildman–Crippen MR) is 36.7 cm³/mol. The Labute approximate surface area is 59.2 Å². The highest BCUT2D eigenvalue weighted by Gasteiger charge is 2.09. The molecule has 42 valence electrons. The lowest BCUT2D eigenvalue weighted by Gasteiger charge is -1.98. The minimum absolute atomic E-state index is 1.01. The van der Waals surface area contributed by atoms with E-state index in [0.717, 1.165) is 0 Å². The first-order valence-corrected chi connectivity index (χ1v) is 2.67. The van der Waals surface area contributed by atoms with Crippen LogP contribution in [0.5, 0.6) is 0 Å². The molecule has 0 atom stereocenters. The second kappa shape index (κ2) is 2.88. The summed E-state index contributed by atoms with van der Waals surface area (Å²) in [7, 11) is 0. The number of hydrogen-bond acceptors (Lipinski definition) is 0. The Kier molecular flexibility index (Phi) is 2.77. The lowest BCUT2D eigenvalue weighted by molar-refractivity contribution is 1.17. The van der Waals surface area contributed by atoms with Crippen molar-refractivity contribution >= 4 is 23.2 Å². The normalized spacial score (nSPS) is 8.75. The summed E-state index contributed by atoms with van der Waals surface area (Å²) in [5, 5.41) is 0. The molecule has 0 bridgehead atoms. The molecule has 0 saturated heterocycles. The molecule has 2 heteroatoms. The second-order valence-corrected chi connectivity index (χ2v) is 2.99. The molecule has 0 nitrogen and oxygen atoms in total. The van der Waals surface area contributed by atoms with Gasteiger partial charge in [-0.05, 0) is 24.7 Å².